The van der Waals surface area contributed by atoms with E-state index < -0.39 is 0 Å². The molecule has 1 aliphatic heterocycles. The quantitative estimate of drug-likeness (QED) is 0.839. The molecule has 1 aromatic carbocycles. The Balaban J connectivity index is 1.56. The summed E-state index contributed by atoms with van der Waals surface area (Å²) in [4.78, 5) is 6.85. The van der Waals surface area contributed by atoms with Gasteiger partial charge in [0.05, 0.1) is 19.4 Å². The number of anilines is 3. The molecule has 2 heterocycles. The lowest BCUT2D eigenvalue weighted by molar-refractivity contribution is 0.0398. The van der Waals surface area contributed by atoms with Gasteiger partial charge in [-0.05, 0) is 31.0 Å². The lowest BCUT2D eigenvalue weighted by atomic mass is 10.1. The summed E-state index contributed by atoms with van der Waals surface area (Å²) in [5.74, 6) is 1.23. The number of aryl methyl sites for hydroxylation is 2. The van der Waals surface area contributed by atoms with Gasteiger partial charge >= 0.3 is 0 Å². The SMILES string of the molecule is Cc1ccc(C)c(Nc2cnnc(NCCN3CCOCC3)n2)c1. The van der Waals surface area contributed by atoms with E-state index in [2.05, 4.69) is 62.8 Å². The van der Waals surface area contributed by atoms with Crippen LogP contribution in [0.3, 0.4) is 0 Å². The Labute approximate surface area is 142 Å². The molecule has 0 spiro atoms. The molecule has 1 aromatic heterocycles. The summed E-state index contributed by atoms with van der Waals surface area (Å²) in [5, 5.41) is 14.6. The molecule has 0 bridgehead atoms. The topological polar surface area (TPSA) is 75.2 Å². The van der Waals surface area contributed by atoms with E-state index in [9.17, 15) is 0 Å². The molecule has 0 saturated carbocycles. The van der Waals surface area contributed by atoms with E-state index in [1.807, 2.05) is 0 Å². The van der Waals surface area contributed by atoms with Gasteiger partial charge in [0.15, 0.2) is 5.82 Å². The second kappa shape index (κ2) is 8.03. The Morgan fingerprint density at radius 2 is 2.04 bits per heavy atom. The molecule has 24 heavy (non-hydrogen) atoms. The van der Waals surface area contributed by atoms with Crippen LogP contribution in [-0.4, -0.2) is 59.5 Å². The summed E-state index contributed by atoms with van der Waals surface area (Å²) in [6, 6.07) is 6.29. The number of morpholine rings is 1. The lowest BCUT2D eigenvalue weighted by Gasteiger charge is -2.26. The van der Waals surface area contributed by atoms with Crippen molar-refractivity contribution < 1.29 is 4.74 Å². The smallest absolute Gasteiger partial charge is 0.244 e. The molecular formula is C17H24N6O. The van der Waals surface area contributed by atoms with Crippen LogP contribution in [0.2, 0.25) is 0 Å². The van der Waals surface area contributed by atoms with Gasteiger partial charge < -0.3 is 15.4 Å². The maximum absolute atomic E-state index is 5.35. The van der Waals surface area contributed by atoms with E-state index in [0.717, 1.165) is 45.1 Å². The number of hydrogen-bond donors (Lipinski definition) is 2. The third-order valence-electron chi connectivity index (χ3n) is 4.03. The fraction of sp³-hybridized carbons (Fsp3) is 0.471. The monoisotopic (exact) mass is 328 g/mol. The highest BCUT2D eigenvalue weighted by molar-refractivity contribution is 5.61. The van der Waals surface area contributed by atoms with Gasteiger partial charge in [0.1, 0.15) is 0 Å². The van der Waals surface area contributed by atoms with Crippen molar-refractivity contribution in [2.24, 2.45) is 0 Å². The van der Waals surface area contributed by atoms with Crippen molar-refractivity contribution in [3.05, 3.63) is 35.5 Å². The fourth-order valence-corrected chi connectivity index (χ4v) is 2.60. The highest BCUT2D eigenvalue weighted by Gasteiger charge is 2.10. The van der Waals surface area contributed by atoms with Crippen molar-refractivity contribution in [2.45, 2.75) is 13.8 Å². The van der Waals surface area contributed by atoms with Gasteiger partial charge in [-0.25, -0.2) is 0 Å². The third-order valence-corrected chi connectivity index (χ3v) is 4.03. The molecule has 1 fully saturated rings. The molecule has 0 amide bonds. The molecule has 2 aromatic rings. The van der Waals surface area contributed by atoms with E-state index in [1.54, 1.807) is 6.20 Å². The van der Waals surface area contributed by atoms with Crippen LogP contribution in [0.25, 0.3) is 0 Å². The van der Waals surface area contributed by atoms with Crippen LogP contribution in [0.4, 0.5) is 17.5 Å². The number of ether oxygens (including phenoxy) is 1. The summed E-state index contributed by atoms with van der Waals surface area (Å²) >= 11 is 0. The molecule has 7 nitrogen and oxygen atoms in total. The molecule has 1 aliphatic rings. The normalized spacial score (nSPS) is 15.2. The zero-order valence-electron chi connectivity index (χ0n) is 14.2. The number of rotatable bonds is 6. The Bertz CT molecular complexity index is 672. The molecule has 1 saturated heterocycles. The van der Waals surface area contributed by atoms with Crippen LogP contribution in [0, 0.1) is 13.8 Å². The minimum Gasteiger partial charge on any atom is -0.379 e. The van der Waals surface area contributed by atoms with Gasteiger partial charge in [0.25, 0.3) is 0 Å². The predicted molar refractivity (Wildman–Crippen MR) is 94.8 cm³/mol. The minimum atomic E-state index is 0.540. The van der Waals surface area contributed by atoms with Gasteiger partial charge in [0.2, 0.25) is 5.95 Å². The predicted octanol–water partition coefficient (Wildman–Crippen LogP) is 1.98. The Kier molecular flexibility index (Phi) is 5.55. The van der Waals surface area contributed by atoms with Gasteiger partial charge in [0, 0.05) is 31.9 Å². The van der Waals surface area contributed by atoms with Gasteiger partial charge in [-0.3, -0.25) is 4.90 Å². The van der Waals surface area contributed by atoms with Crippen molar-refractivity contribution in [1.29, 1.82) is 0 Å². The second-order valence-corrected chi connectivity index (χ2v) is 5.99. The van der Waals surface area contributed by atoms with E-state index >= 15 is 0 Å². The first-order valence-corrected chi connectivity index (χ1v) is 8.29. The van der Waals surface area contributed by atoms with Crippen LogP contribution in [0.1, 0.15) is 11.1 Å². The third kappa shape index (κ3) is 4.62. The van der Waals surface area contributed by atoms with Crippen molar-refractivity contribution in [3.8, 4) is 0 Å². The van der Waals surface area contributed by atoms with E-state index in [-0.39, 0.29) is 0 Å². The second-order valence-electron chi connectivity index (χ2n) is 5.99. The number of benzene rings is 1. The summed E-state index contributed by atoms with van der Waals surface area (Å²) < 4.78 is 5.35. The Morgan fingerprint density at radius 1 is 1.21 bits per heavy atom. The van der Waals surface area contributed by atoms with Crippen molar-refractivity contribution >= 4 is 17.5 Å². The standard InChI is InChI=1S/C17H24N6O/c1-13-3-4-14(2)15(11-13)20-16-12-19-22-17(21-16)18-5-6-23-7-9-24-10-8-23/h3-4,11-12H,5-10H2,1-2H3,(H2,18,20,21,22). The molecule has 3 rings (SSSR count). The molecule has 0 atom stereocenters. The average molecular weight is 328 g/mol. The molecule has 0 radical (unpaired) electrons. The van der Waals surface area contributed by atoms with Crippen molar-refractivity contribution in [1.82, 2.24) is 20.1 Å². The molecule has 0 unspecified atom stereocenters. The van der Waals surface area contributed by atoms with E-state index in [4.69, 9.17) is 4.74 Å². The van der Waals surface area contributed by atoms with Gasteiger partial charge in [-0.15, -0.1) is 5.10 Å². The minimum absolute atomic E-state index is 0.540. The number of aromatic nitrogens is 3. The maximum atomic E-state index is 5.35. The first-order chi connectivity index (χ1) is 11.7. The maximum Gasteiger partial charge on any atom is 0.244 e. The zero-order chi connectivity index (χ0) is 16.8. The molecule has 128 valence electrons. The number of nitrogens with zero attached hydrogens (tertiary/aromatic N) is 4. The Morgan fingerprint density at radius 3 is 2.88 bits per heavy atom. The van der Waals surface area contributed by atoms with Gasteiger partial charge in [-0.2, -0.15) is 10.1 Å². The molecule has 2 N–H and O–H groups in total. The highest BCUT2D eigenvalue weighted by atomic mass is 16.5. The van der Waals surface area contributed by atoms with Crippen LogP contribution >= 0.6 is 0 Å². The van der Waals surface area contributed by atoms with Crippen molar-refractivity contribution in [2.75, 3.05) is 50.0 Å². The zero-order valence-corrected chi connectivity index (χ0v) is 14.2. The largest absolute Gasteiger partial charge is 0.379 e. The van der Waals surface area contributed by atoms with Gasteiger partial charge in [-0.1, -0.05) is 12.1 Å². The summed E-state index contributed by atoms with van der Waals surface area (Å²) in [7, 11) is 0. The van der Waals surface area contributed by atoms with Crippen molar-refractivity contribution in [3.63, 3.8) is 0 Å². The van der Waals surface area contributed by atoms with Crippen LogP contribution in [0.15, 0.2) is 24.4 Å². The van der Waals surface area contributed by atoms with Crippen LogP contribution in [0.5, 0.6) is 0 Å². The highest BCUT2D eigenvalue weighted by Crippen LogP contribution is 2.20. The number of nitrogens with one attached hydrogen (secondary N) is 2. The molecule has 0 aliphatic carbocycles. The van der Waals surface area contributed by atoms with Crippen LogP contribution < -0.4 is 10.6 Å². The first-order valence-electron chi connectivity index (χ1n) is 8.29. The summed E-state index contributed by atoms with van der Waals surface area (Å²) in [5.41, 5.74) is 3.41. The van der Waals surface area contributed by atoms with E-state index in [1.165, 1.54) is 11.1 Å². The van der Waals surface area contributed by atoms with E-state index in [0.29, 0.717) is 11.8 Å². The molecular weight excluding hydrogens is 304 g/mol. The Hall–Kier alpha value is -2.25. The lowest BCUT2D eigenvalue weighted by Crippen LogP contribution is -2.39. The summed E-state index contributed by atoms with van der Waals surface area (Å²) in [6.07, 6.45) is 1.63. The molecule has 7 heteroatoms. The van der Waals surface area contributed by atoms with Crippen LogP contribution in [-0.2, 0) is 4.74 Å². The first kappa shape index (κ1) is 16.6. The number of hydrogen-bond acceptors (Lipinski definition) is 7. The average Bonchev–Trinajstić information content (AvgIpc) is 2.60. The fourth-order valence-electron chi connectivity index (χ4n) is 2.60. The summed E-state index contributed by atoms with van der Waals surface area (Å²) in [6.45, 7) is 9.46.